The number of piperidine rings is 1. The van der Waals surface area contributed by atoms with Crippen LogP contribution in [0.1, 0.15) is 25.7 Å². The second kappa shape index (κ2) is 5.24. The van der Waals surface area contributed by atoms with E-state index in [1.165, 1.54) is 30.6 Å². The Hall–Kier alpha value is 0.110. The van der Waals surface area contributed by atoms with Crippen LogP contribution in [0.3, 0.4) is 0 Å². The number of thioether (sulfide) groups is 1. The SMILES string of the molecule is CN1[C@@H]2CC[C@H]1C[C@H](Sc1ccc(Cl)c(Cl)c1)C2. The molecular formula is C14H17Cl2NS. The van der Waals surface area contributed by atoms with Gasteiger partial charge in [0.1, 0.15) is 0 Å². The molecule has 3 rings (SSSR count). The molecule has 1 nitrogen and oxygen atoms in total. The lowest BCUT2D eigenvalue weighted by Crippen LogP contribution is -2.40. The van der Waals surface area contributed by atoms with Crippen LogP contribution < -0.4 is 0 Å². The van der Waals surface area contributed by atoms with Gasteiger partial charge in [-0.2, -0.15) is 0 Å². The van der Waals surface area contributed by atoms with Gasteiger partial charge in [0.15, 0.2) is 0 Å². The summed E-state index contributed by atoms with van der Waals surface area (Å²) in [6, 6.07) is 7.57. The fourth-order valence-corrected chi connectivity index (χ4v) is 4.92. The van der Waals surface area contributed by atoms with Gasteiger partial charge in [0.2, 0.25) is 0 Å². The quantitative estimate of drug-likeness (QED) is 0.778. The minimum absolute atomic E-state index is 0.643. The van der Waals surface area contributed by atoms with E-state index in [1.807, 2.05) is 23.9 Å². The van der Waals surface area contributed by atoms with Gasteiger partial charge in [-0.3, -0.25) is 0 Å². The molecule has 3 atom stereocenters. The number of nitrogens with zero attached hydrogens (tertiary/aromatic N) is 1. The highest BCUT2D eigenvalue weighted by atomic mass is 35.5. The Kier molecular flexibility index (Phi) is 3.82. The molecule has 0 radical (unpaired) electrons. The molecule has 0 spiro atoms. The maximum atomic E-state index is 6.07. The summed E-state index contributed by atoms with van der Waals surface area (Å²) in [4.78, 5) is 3.82. The highest BCUT2D eigenvalue weighted by Gasteiger charge is 2.38. The van der Waals surface area contributed by atoms with Gasteiger partial charge in [0.25, 0.3) is 0 Å². The molecule has 2 aliphatic heterocycles. The average molecular weight is 302 g/mol. The standard InChI is InChI=1S/C14H17Cl2NS/c1-17-9-2-3-10(17)7-12(6-9)18-11-4-5-13(15)14(16)8-11/h4-5,8-10,12H,2-3,6-7H2,1H3/t9-,10+,12-. The fraction of sp³-hybridized carbons (Fsp3) is 0.571. The van der Waals surface area contributed by atoms with E-state index in [4.69, 9.17) is 23.2 Å². The molecule has 2 fully saturated rings. The summed E-state index contributed by atoms with van der Waals surface area (Å²) in [5, 5.41) is 2.04. The second-order valence-corrected chi connectivity index (χ2v) is 7.53. The largest absolute Gasteiger partial charge is 0.300 e. The molecule has 18 heavy (non-hydrogen) atoms. The number of hydrogen-bond acceptors (Lipinski definition) is 2. The van der Waals surface area contributed by atoms with Gasteiger partial charge in [-0.1, -0.05) is 23.2 Å². The van der Waals surface area contributed by atoms with Crippen molar-refractivity contribution in [3.8, 4) is 0 Å². The first kappa shape index (κ1) is 13.1. The van der Waals surface area contributed by atoms with Crippen LogP contribution in [0.2, 0.25) is 10.0 Å². The normalized spacial score (nSPS) is 31.8. The van der Waals surface area contributed by atoms with Crippen LogP contribution in [0.25, 0.3) is 0 Å². The van der Waals surface area contributed by atoms with E-state index in [0.717, 1.165) is 17.3 Å². The van der Waals surface area contributed by atoms with E-state index >= 15 is 0 Å². The van der Waals surface area contributed by atoms with Crippen LogP contribution in [-0.2, 0) is 0 Å². The lowest BCUT2D eigenvalue weighted by molar-refractivity contribution is 0.183. The lowest BCUT2D eigenvalue weighted by atomic mass is 10.0. The number of hydrogen-bond donors (Lipinski definition) is 0. The third-order valence-electron chi connectivity index (χ3n) is 4.25. The summed E-state index contributed by atoms with van der Waals surface area (Å²) in [5.41, 5.74) is 0. The predicted molar refractivity (Wildman–Crippen MR) is 79.9 cm³/mol. The van der Waals surface area contributed by atoms with Crippen molar-refractivity contribution < 1.29 is 0 Å². The van der Waals surface area contributed by atoms with Gasteiger partial charge < -0.3 is 4.90 Å². The lowest BCUT2D eigenvalue weighted by Gasteiger charge is -2.36. The molecule has 2 aliphatic rings. The second-order valence-electron chi connectivity index (χ2n) is 5.34. The first-order valence-corrected chi connectivity index (χ1v) is 8.10. The molecule has 0 aromatic heterocycles. The van der Waals surface area contributed by atoms with Crippen LogP contribution in [0.5, 0.6) is 0 Å². The van der Waals surface area contributed by atoms with Crippen molar-refractivity contribution in [3.63, 3.8) is 0 Å². The number of benzene rings is 1. The van der Waals surface area contributed by atoms with E-state index < -0.39 is 0 Å². The first-order valence-electron chi connectivity index (χ1n) is 6.47. The minimum atomic E-state index is 0.643. The van der Waals surface area contributed by atoms with Crippen molar-refractivity contribution >= 4 is 35.0 Å². The van der Waals surface area contributed by atoms with Crippen LogP contribution in [0, 0.1) is 0 Å². The maximum absolute atomic E-state index is 6.07. The molecule has 2 bridgehead atoms. The third-order valence-corrected chi connectivity index (χ3v) is 6.23. The monoisotopic (exact) mass is 301 g/mol. The highest BCUT2D eigenvalue weighted by molar-refractivity contribution is 8.00. The van der Waals surface area contributed by atoms with E-state index in [2.05, 4.69) is 18.0 Å². The van der Waals surface area contributed by atoms with Gasteiger partial charge in [-0.05, 0) is 50.9 Å². The van der Waals surface area contributed by atoms with Gasteiger partial charge >= 0.3 is 0 Å². The highest BCUT2D eigenvalue weighted by Crippen LogP contribution is 2.42. The molecule has 1 aromatic carbocycles. The molecule has 2 saturated heterocycles. The predicted octanol–water partition coefficient (Wildman–Crippen LogP) is 4.71. The molecule has 0 unspecified atom stereocenters. The Morgan fingerprint density at radius 2 is 1.78 bits per heavy atom. The maximum Gasteiger partial charge on any atom is 0.0603 e. The molecule has 0 aliphatic carbocycles. The third kappa shape index (κ3) is 2.53. The zero-order valence-corrected chi connectivity index (χ0v) is 12.7. The van der Waals surface area contributed by atoms with Crippen molar-refractivity contribution in [1.29, 1.82) is 0 Å². The Morgan fingerprint density at radius 3 is 2.39 bits per heavy atom. The van der Waals surface area contributed by atoms with Crippen molar-refractivity contribution in [3.05, 3.63) is 28.2 Å². The fourth-order valence-electron chi connectivity index (χ4n) is 3.20. The molecule has 98 valence electrons. The zero-order valence-electron chi connectivity index (χ0n) is 10.4. The summed E-state index contributed by atoms with van der Waals surface area (Å²) in [6.07, 6.45) is 5.36. The zero-order chi connectivity index (χ0) is 12.7. The summed E-state index contributed by atoms with van der Waals surface area (Å²) in [6.45, 7) is 0. The number of halogens is 2. The van der Waals surface area contributed by atoms with Gasteiger partial charge in [-0.15, -0.1) is 11.8 Å². The Bertz CT molecular complexity index is 437. The molecule has 0 amide bonds. The van der Waals surface area contributed by atoms with Crippen LogP contribution in [-0.4, -0.2) is 29.3 Å². The summed E-state index contributed by atoms with van der Waals surface area (Å²) in [7, 11) is 2.28. The topological polar surface area (TPSA) is 3.24 Å². The molecular weight excluding hydrogens is 285 g/mol. The van der Waals surface area contributed by atoms with Gasteiger partial charge in [0.05, 0.1) is 10.0 Å². The van der Waals surface area contributed by atoms with Gasteiger partial charge in [0, 0.05) is 22.2 Å². The summed E-state index contributed by atoms with van der Waals surface area (Å²) < 4.78 is 0. The van der Waals surface area contributed by atoms with Crippen LogP contribution in [0.15, 0.2) is 23.1 Å². The van der Waals surface area contributed by atoms with Gasteiger partial charge in [-0.25, -0.2) is 0 Å². The number of rotatable bonds is 2. The molecule has 4 heteroatoms. The summed E-state index contributed by atoms with van der Waals surface area (Å²) in [5.74, 6) is 0. The molecule has 1 aromatic rings. The van der Waals surface area contributed by atoms with Crippen molar-refractivity contribution in [2.24, 2.45) is 0 Å². The van der Waals surface area contributed by atoms with E-state index in [-0.39, 0.29) is 0 Å². The molecule has 0 N–H and O–H groups in total. The Morgan fingerprint density at radius 1 is 1.11 bits per heavy atom. The van der Waals surface area contributed by atoms with E-state index in [9.17, 15) is 0 Å². The molecule has 2 heterocycles. The van der Waals surface area contributed by atoms with Crippen molar-refractivity contribution in [1.82, 2.24) is 4.90 Å². The smallest absolute Gasteiger partial charge is 0.0603 e. The Labute approximate surface area is 123 Å². The van der Waals surface area contributed by atoms with Crippen LogP contribution >= 0.6 is 35.0 Å². The minimum Gasteiger partial charge on any atom is -0.300 e. The Balaban J connectivity index is 1.68. The number of fused-ring (bicyclic) bond motifs is 2. The van der Waals surface area contributed by atoms with E-state index in [0.29, 0.717) is 10.0 Å². The summed E-state index contributed by atoms with van der Waals surface area (Å²) >= 11 is 14.0. The average Bonchev–Trinajstić information content (AvgIpc) is 2.58. The van der Waals surface area contributed by atoms with E-state index in [1.54, 1.807) is 0 Å². The van der Waals surface area contributed by atoms with Crippen molar-refractivity contribution in [2.45, 2.75) is 47.9 Å². The first-order chi connectivity index (χ1) is 8.63. The van der Waals surface area contributed by atoms with Crippen molar-refractivity contribution in [2.75, 3.05) is 7.05 Å². The molecule has 0 saturated carbocycles. The van der Waals surface area contributed by atoms with Crippen LogP contribution in [0.4, 0.5) is 0 Å².